The van der Waals surface area contributed by atoms with Crippen LogP contribution in [0, 0.1) is 0 Å². The third-order valence-electron chi connectivity index (χ3n) is 5.18. The first-order valence-corrected chi connectivity index (χ1v) is 9.95. The molecule has 1 saturated heterocycles. The monoisotopic (exact) mass is 366 g/mol. The molecule has 5 heteroatoms. The van der Waals surface area contributed by atoms with Gasteiger partial charge in [-0.05, 0) is 12.0 Å². The molecule has 0 radical (unpaired) electrons. The molecule has 1 fully saturated rings. The lowest BCUT2D eigenvalue weighted by Crippen LogP contribution is -2.49. The lowest BCUT2D eigenvalue weighted by atomic mass is 10.1. The van der Waals surface area contributed by atoms with E-state index in [-0.39, 0.29) is 11.9 Å². The third-order valence-corrected chi connectivity index (χ3v) is 5.18. The first kappa shape index (κ1) is 19.4. The van der Waals surface area contributed by atoms with Gasteiger partial charge in [0.05, 0.1) is 6.33 Å². The van der Waals surface area contributed by atoms with Gasteiger partial charge in [-0.3, -0.25) is 9.69 Å². The van der Waals surface area contributed by atoms with Crippen LogP contribution in [-0.2, 0) is 4.79 Å². The molecule has 1 unspecified atom stereocenters. The molecule has 0 bridgehead atoms. The molecule has 5 nitrogen and oxygen atoms in total. The van der Waals surface area contributed by atoms with E-state index in [1.807, 2.05) is 23.5 Å². The fraction of sp³-hybridized carbons (Fsp3) is 0.455. The SMILES string of the molecule is CCCC(CC(=O)N1CCN(C/C=C/c2ccccc2)CC1)n1ccnc1. The van der Waals surface area contributed by atoms with Crippen LogP contribution in [0.15, 0.2) is 55.1 Å². The van der Waals surface area contributed by atoms with Crippen molar-refractivity contribution in [2.45, 2.75) is 32.2 Å². The van der Waals surface area contributed by atoms with E-state index >= 15 is 0 Å². The molecule has 144 valence electrons. The smallest absolute Gasteiger partial charge is 0.224 e. The van der Waals surface area contributed by atoms with E-state index < -0.39 is 0 Å². The van der Waals surface area contributed by atoms with Crippen LogP contribution in [0.1, 0.15) is 37.8 Å². The number of benzene rings is 1. The fourth-order valence-electron chi connectivity index (χ4n) is 3.59. The number of imidazole rings is 1. The number of hydrogen-bond acceptors (Lipinski definition) is 3. The van der Waals surface area contributed by atoms with Crippen LogP contribution in [0.2, 0.25) is 0 Å². The van der Waals surface area contributed by atoms with Gasteiger partial charge in [0.2, 0.25) is 5.91 Å². The number of carbonyl (C=O) groups is 1. The summed E-state index contributed by atoms with van der Waals surface area (Å²) in [6, 6.07) is 10.6. The minimum absolute atomic E-state index is 0.219. The predicted octanol–water partition coefficient (Wildman–Crippen LogP) is 3.47. The highest BCUT2D eigenvalue weighted by Gasteiger charge is 2.23. The van der Waals surface area contributed by atoms with Crippen molar-refractivity contribution in [3.8, 4) is 0 Å². The Labute approximate surface area is 162 Å². The standard InChI is InChI=1S/C22H30N4O/c1-2-7-21(26-13-11-23-19-26)18-22(27)25-16-14-24(15-17-25)12-6-10-20-8-4-3-5-9-20/h3-6,8-11,13,19,21H,2,7,12,14-18H2,1H3/b10-6+. The largest absolute Gasteiger partial charge is 0.340 e. The maximum atomic E-state index is 12.7. The molecular formula is C22H30N4O. The number of carbonyl (C=O) groups excluding carboxylic acids is 1. The average molecular weight is 367 g/mol. The fourth-order valence-corrected chi connectivity index (χ4v) is 3.59. The zero-order chi connectivity index (χ0) is 18.9. The lowest BCUT2D eigenvalue weighted by molar-refractivity contribution is -0.133. The van der Waals surface area contributed by atoms with Crippen molar-refractivity contribution in [2.75, 3.05) is 32.7 Å². The van der Waals surface area contributed by atoms with Gasteiger partial charge in [-0.2, -0.15) is 0 Å². The molecule has 1 aromatic carbocycles. The Morgan fingerprint density at radius 3 is 2.63 bits per heavy atom. The van der Waals surface area contributed by atoms with E-state index in [0.29, 0.717) is 6.42 Å². The van der Waals surface area contributed by atoms with Crippen LogP contribution in [0.5, 0.6) is 0 Å². The van der Waals surface area contributed by atoms with Gasteiger partial charge >= 0.3 is 0 Å². The van der Waals surface area contributed by atoms with Crippen molar-refractivity contribution in [3.05, 3.63) is 60.7 Å². The quantitative estimate of drug-likeness (QED) is 0.718. The Morgan fingerprint density at radius 1 is 1.19 bits per heavy atom. The zero-order valence-corrected chi connectivity index (χ0v) is 16.2. The van der Waals surface area contributed by atoms with Crippen LogP contribution in [0.4, 0.5) is 0 Å². The molecule has 2 heterocycles. The number of aromatic nitrogens is 2. The van der Waals surface area contributed by atoms with Crippen molar-refractivity contribution in [3.63, 3.8) is 0 Å². The van der Waals surface area contributed by atoms with Gasteiger partial charge in [0.15, 0.2) is 0 Å². The number of nitrogens with zero attached hydrogens (tertiary/aromatic N) is 4. The topological polar surface area (TPSA) is 41.4 Å². The summed E-state index contributed by atoms with van der Waals surface area (Å²) < 4.78 is 2.08. The molecule has 1 atom stereocenters. The number of hydrogen-bond donors (Lipinski definition) is 0. The van der Waals surface area contributed by atoms with Gasteiger partial charge in [0.1, 0.15) is 0 Å². The molecule has 1 amide bonds. The summed E-state index contributed by atoms with van der Waals surface area (Å²) in [5.74, 6) is 0.265. The molecule has 27 heavy (non-hydrogen) atoms. The van der Waals surface area contributed by atoms with Crippen LogP contribution < -0.4 is 0 Å². The summed E-state index contributed by atoms with van der Waals surface area (Å²) in [5.41, 5.74) is 1.23. The normalized spacial score (nSPS) is 16.7. The lowest BCUT2D eigenvalue weighted by Gasteiger charge is -2.35. The summed E-state index contributed by atoms with van der Waals surface area (Å²) in [4.78, 5) is 21.3. The van der Waals surface area contributed by atoms with Gasteiger partial charge in [-0.15, -0.1) is 0 Å². The van der Waals surface area contributed by atoms with E-state index in [9.17, 15) is 4.79 Å². The summed E-state index contributed by atoms with van der Waals surface area (Å²) in [6.07, 6.45) is 12.6. The number of amides is 1. The Kier molecular flexibility index (Phi) is 7.22. The summed E-state index contributed by atoms with van der Waals surface area (Å²) >= 11 is 0. The van der Waals surface area contributed by atoms with Crippen molar-refractivity contribution in [2.24, 2.45) is 0 Å². The maximum absolute atomic E-state index is 12.7. The van der Waals surface area contributed by atoms with Gasteiger partial charge < -0.3 is 9.47 Å². The molecule has 3 rings (SSSR count). The molecule has 1 aromatic heterocycles. The number of rotatable bonds is 8. The van der Waals surface area contributed by atoms with Crippen molar-refractivity contribution < 1.29 is 4.79 Å². The first-order chi connectivity index (χ1) is 13.3. The zero-order valence-electron chi connectivity index (χ0n) is 16.2. The third kappa shape index (κ3) is 5.79. The van der Waals surface area contributed by atoms with E-state index in [4.69, 9.17) is 0 Å². The molecule has 1 aliphatic rings. The highest BCUT2D eigenvalue weighted by Crippen LogP contribution is 2.19. The molecule has 0 saturated carbocycles. The van der Waals surface area contributed by atoms with E-state index in [0.717, 1.165) is 45.6 Å². The molecule has 0 spiro atoms. The summed E-state index contributed by atoms with van der Waals surface area (Å²) in [6.45, 7) is 6.62. The maximum Gasteiger partial charge on any atom is 0.224 e. The van der Waals surface area contributed by atoms with Gasteiger partial charge in [-0.1, -0.05) is 55.8 Å². The minimum atomic E-state index is 0.219. The van der Waals surface area contributed by atoms with Crippen LogP contribution in [-0.4, -0.2) is 58.0 Å². The average Bonchev–Trinajstić information content (AvgIpc) is 3.24. The Bertz CT molecular complexity index is 703. The van der Waals surface area contributed by atoms with Gasteiger partial charge in [0, 0.05) is 57.6 Å². The molecule has 1 aliphatic heterocycles. The molecule has 0 aliphatic carbocycles. The van der Waals surface area contributed by atoms with Crippen molar-refractivity contribution >= 4 is 12.0 Å². The van der Waals surface area contributed by atoms with Crippen LogP contribution in [0.25, 0.3) is 6.08 Å². The van der Waals surface area contributed by atoms with E-state index in [1.54, 1.807) is 6.20 Å². The highest BCUT2D eigenvalue weighted by atomic mass is 16.2. The van der Waals surface area contributed by atoms with Gasteiger partial charge in [-0.25, -0.2) is 4.98 Å². The molecule has 2 aromatic rings. The first-order valence-electron chi connectivity index (χ1n) is 9.95. The number of piperazine rings is 1. The van der Waals surface area contributed by atoms with E-state index in [2.05, 4.69) is 57.8 Å². The molecule has 0 N–H and O–H groups in total. The van der Waals surface area contributed by atoms with E-state index in [1.165, 1.54) is 5.56 Å². The minimum Gasteiger partial charge on any atom is -0.340 e. The van der Waals surface area contributed by atoms with Crippen LogP contribution >= 0.6 is 0 Å². The molecular weight excluding hydrogens is 336 g/mol. The summed E-state index contributed by atoms with van der Waals surface area (Å²) in [7, 11) is 0. The van der Waals surface area contributed by atoms with Gasteiger partial charge in [0.25, 0.3) is 0 Å². The van der Waals surface area contributed by atoms with Crippen molar-refractivity contribution in [1.82, 2.24) is 19.4 Å². The Morgan fingerprint density at radius 2 is 1.96 bits per heavy atom. The second kappa shape index (κ2) is 10.1. The summed E-state index contributed by atoms with van der Waals surface area (Å²) in [5, 5.41) is 0. The van der Waals surface area contributed by atoms with Crippen LogP contribution in [0.3, 0.4) is 0 Å². The predicted molar refractivity (Wildman–Crippen MR) is 109 cm³/mol. The second-order valence-electron chi connectivity index (χ2n) is 7.15. The Balaban J connectivity index is 1.44. The highest BCUT2D eigenvalue weighted by molar-refractivity contribution is 5.76. The van der Waals surface area contributed by atoms with Crippen molar-refractivity contribution in [1.29, 1.82) is 0 Å². The second-order valence-corrected chi connectivity index (χ2v) is 7.15. The Hall–Kier alpha value is -2.40.